The number of fused-ring (bicyclic) bond motifs is 2. The third-order valence-corrected chi connectivity index (χ3v) is 6.97. The summed E-state index contributed by atoms with van der Waals surface area (Å²) in [5.74, 6) is -1.62. The molecule has 0 unspecified atom stereocenters. The Morgan fingerprint density at radius 2 is 1.62 bits per heavy atom. The number of nitrogens with zero attached hydrogens (tertiary/aromatic N) is 3. The zero-order chi connectivity index (χ0) is 23.8. The smallest absolute Gasteiger partial charge is 0.409 e. The van der Waals surface area contributed by atoms with Crippen LogP contribution in [0.2, 0.25) is 0 Å². The van der Waals surface area contributed by atoms with Crippen molar-refractivity contribution >= 4 is 17.7 Å². The van der Waals surface area contributed by atoms with Crippen LogP contribution in [0.25, 0.3) is 0 Å². The summed E-state index contributed by atoms with van der Waals surface area (Å²) in [5, 5.41) is 0. The van der Waals surface area contributed by atoms with Crippen LogP contribution in [0.4, 0.5) is 10.5 Å². The standard InChI is InChI=1S/C26H31N3O5/c1-3-32-24(31)28-15-13-27(14-16-28)19-29-22-12-8-7-11-21(22)26(23(29)30)33-17-25(2,18-34-26)20-9-5-4-6-10-20/h4-12H,3,13-19H2,1-2H3. The zero-order valence-electron chi connectivity index (χ0n) is 19.7. The van der Waals surface area contributed by atoms with Gasteiger partial charge in [-0.3, -0.25) is 14.6 Å². The van der Waals surface area contributed by atoms with Gasteiger partial charge in [-0.1, -0.05) is 55.5 Å². The van der Waals surface area contributed by atoms with Crippen LogP contribution in [0, 0.1) is 0 Å². The highest BCUT2D eigenvalue weighted by atomic mass is 16.7. The molecule has 2 aromatic carbocycles. The zero-order valence-corrected chi connectivity index (χ0v) is 19.7. The maximum Gasteiger partial charge on any atom is 0.409 e. The summed E-state index contributed by atoms with van der Waals surface area (Å²) in [6, 6.07) is 17.8. The first kappa shape index (κ1) is 22.8. The molecule has 1 spiro atoms. The molecule has 0 aromatic heterocycles. The summed E-state index contributed by atoms with van der Waals surface area (Å²) < 4.78 is 17.8. The molecule has 3 aliphatic rings. The normalized spacial score (nSPS) is 27.2. The number of rotatable bonds is 4. The Hall–Kier alpha value is -2.94. The molecule has 8 heteroatoms. The fourth-order valence-corrected chi connectivity index (χ4v) is 4.91. The third kappa shape index (κ3) is 3.85. The van der Waals surface area contributed by atoms with E-state index in [2.05, 4.69) is 24.0 Å². The highest BCUT2D eigenvalue weighted by molar-refractivity contribution is 6.06. The second kappa shape index (κ2) is 9.02. The van der Waals surface area contributed by atoms with Crippen molar-refractivity contribution in [1.82, 2.24) is 9.80 Å². The van der Waals surface area contributed by atoms with Crippen molar-refractivity contribution in [2.24, 2.45) is 0 Å². The van der Waals surface area contributed by atoms with E-state index in [-0.39, 0.29) is 17.4 Å². The van der Waals surface area contributed by atoms with Crippen molar-refractivity contribution < 1.29 is 23.8 Å². The van der Waals surface area contributed by atoms with Crippen molar-refractivity contribution in [3.8, 4) is 0 Å². The lowest BCUT2D eigenvalue weighted by molar-refractivity contribution is -0.276. The molecule has 180 valence electrons. The molecule has 0 saturated carbocycles. The van der Waals surface area contributed by atoms with Crippen LogP contribution in [-0.2, 0) is 30.2 Å². The molecule has 0 bridgehead atoms. The van der Waals surface area contributed by atoms with Gasteiger partial charge in [0, 0.05) is 37.2 Å². The lowest BCUT2D eigenvalue weighted by Gasteiger charge is -2.42. The van der Waals surface area contributed by atoms with E-state index in [9.17, 15) is 9.59 Å². The van der Waals surface area contributed by atoms with Gasteiger partial charge in [-0.25, -0.2) is 4.79 Å². The molecule has 3 aliphatic heterocycles. The van der Waals surface area contributed by atoms with Crippen molar-refractivity contribution in [3.05, 3.63) is 65.7 Å². The third-order valence-electron chi connectivity index (χ3n) is 6.97. The Kier molecular flexibility index (Phi) is 6.06. The van der Waals surface area contributed by atoms with Gasteiger partial charge in [0.05, 0.1) is 32.2 Å². The molecule has 2 aromatic rings. The van der Waals surface area contributed by atoms with E-state index in [1.807, 2.05) is 42.5 Å². The Morgan fingerprint density at radius 1 is 0.971 bits per heavy atom. The number of carbonyl (C=O) groups is 2. The minimum absolute atomic E-state index is 0.198. The average Bonchev–Trinajstić information content (AvgIpc) is 3.10. The molecule has 0 atom stereocenters. The molecule has 8 nitrogen and oxygen atoms in total. The maximum atomic E-state index is 13.8. The van der Waals surface area contributed by atoms with E-state index < -0.39 is 5.79 Å². The first-order chi connectivity index (χ1) is 16.5. The van der Waals surface area contributed by atoms with E-state index in [1.54, 1.807) is 16.7 Å². The summed E-state index contributed by atoms with van der Waals surface area (Å²) in [7, 11) is 0. The first-order valence-electron chi connectivity index (χ1n) is 11.9. The number of hydrogen-bond donors (Lipinski definition) is 0. The van der Waals surface area contributed by atoms with Gasteiger partial charge in [0.1, 0.15) is 0 Å². The Balaban J connectivity index is 1.32. The second-order valence-corrected chi connectivity index (χ2v) is 9.32. The number of anilines is 1. The van der Waals surface area contributed by atoms with Gasteiger partial charge in [0.25, 0.3) is 11.7 Å². The van der Waals surface area contributed by atoms with Gasteiger partial charge in [-0.15, -0.1) is 0 Å². The number of ether oxygens (including phenoxy) is 3. The lowest BCUT2D eigenvalue weighted by atomic mass is 9.83. The van der Waals surface area contributed by atoms with E-state index in [1.165, 1.54) is 0 Å². The van der Waals surface area contributed by atoms with Crippen LogP contribution in [0.15, 0.2) is 54.6 Å². The number of piperazine rings is 1. The van der Waals surface area contributed by atoms with Crippen LogP contribution >= 0.6 is 0 Å². The molecular weight excluding hydrogens is 434 g/mol. The number of amides is 2. The minimum atomic E-state index is -1.42. The summed E-state index contributed by atoms with van der Waals surface area (Å²) >= 11 is 0. The highest BCUT2D eigenvalue weighted by Gasteiger charge is 2.57. The van der Waals surface area contributed by atoms with Crippen LogP contribution < -0.4 is 4.90 Å². The molecule has 0 aliphatic carbocycles. The molecule has 34 heavy (non-hydrogen) atoms. The predicted molar refractivity (Wildman–Crippen MR) is 126 cm³/mol. The van der Waals surface area contributed by atoms with Gasteiger partial charge in [0.15, 0.2) is 0 Å². The first-order valence-corrected chi connectivity index (χ1v) is 11.9. The molecule has 2 amide bonds. The van der Waals surface area contributed by atoms with Gasteiger partial charge in [-0.2, -0.15) is 0 Å². The van der Waals surface area contributed by atoms with E-state index in [4.69, 9.17) is 14.2 Å². The molecule has 5 rings (SSSR count). The highest BCUT2D eigenvalue weighted by Crippen LogP contribution is 2.47. The molecule has 0 N–H and O–H groups in total. The van der Waals surface area contributed by atoms with Crippen LogP contribution in [0.3, 0.4) is 0 Å². The van der Waals surface area contributed by atoms with Gasteiger partial charge < -0.3 is 19.1 Å². The molecular formula is C26H31N3O5. The quantitative estimate of drug-likeness (QED) is 0.692. The van der Waals surface area contributed by atoms with Gasteiger partial charge >= 0.3 is 6.09 Å². The molecule has 3 heterocycles. The number of benzene rings is 2. The monoisotopic (exact) mass is 465 g/mol. The minimum Gasteiger partial charge on any atom is -0.450 e. The van der Waals surface area contributed by atoms with Crippen molar-refractivity contribution in [2.75, 3.05) is 57.6 Å². The average molecular weight is 466 g/mol. The van der Waals surface area contributed by atoms with E-state index >= 15 is 0 Å². The van der Waals surface area contributed by atoms with E-state index in [0.717, 1.165) is 16.8 Å². The van der Waals surface area contributed by atoms with Crippen molar-refractivity contribution in [3.63, 3.8) is 0 Å². The van der Waals surface area contributed by atoms with Crippen LogP contribution in [0.5, 0.6) is 0 Å². The van der Waals surface area contributed by atoms with E-state index in [0.29, 0.717) is 52.7 Å². The fraction of sp³-hybridized carbons (Fsp3) is 0.462. The lowest BCUT2D eigenvalue weighted by Crippen LogP contribution is -2.56. The topological polar surface area (TPSA) is 71.6 Å². The van der Waals surface area contributed by atoms with Gasteiger partial charge in [-0.05, 0) is 18.6 Å². The molecule has 0 radical (unpaired) electrons. The largest absolute Gasteiger partial charge is 0.450 e. The fourth-order valence-electron chi connectivity index (χ4n) is 4.91. The predicted octanol–water partition coefficient (Wildman–Crippen LogP) is 2.92. The summed E-state index contributed by atoms with van der Waals surface area (Å²) in [6.07, 6.45) is -0.283. The second-order valence-electron chi connectivity index (χ2n) is 9.32. The Labute approximate surface area is 200 Å². The Morgan fingerprint density at radius 3 is 2.29 bits per heavy atom. The van der Waals surface area contributed by atoms with Crippen molar-refractivity contribution in [2.45, 2.75) is 25.0 Å². The summed E-state index contributed by atoms with van der Waals surface area (Å²) in [4.78, 5) is 31.4. The Bertz CT molecular complexity index is 1040. The summed E-state index contributed by atoms with van der Waals surface area (Å²) in [6.45, 7) is 7.88. The number of para-hydroxylation sites is 1. The maximum absolute atomic E-state index is 13.8. The number of hydrogen-bond acceptors (Lipinski definition) is 6. The van der Waals surface area contributed by atoms with Crippen LogP contribution in [0.1, 0.15) is 25.0 Å². The SMILES string of the molecule is CCOC(=O)N1CCN(CN2C(=O)C3(OCC(C)(c4ccccc4)CO3)c3ccccc32)CC1. The van der Waals surface area contributed by atoms with Crippen LogP contribution in [-0.4, -0.2) is 74.5 Å². The van der Waals surface area contributed by atoms with Gasteiger partial charge in [0.2, 0.25) is 0 Å². The molecule has 2 saturated heterocycles. The molecule has 2 fully saturated rings. The summed E-state index contributed by atoms with van der Waals surface area (Å²) in [5.41, 5.74) is 2.35. The number of carbonyl (C=O) groups excluding carboxylic acids is 2. The van der Waals surface area contributed by atoms with Crippen molar-refractivity contribution in [1.29, 1.82) is 0 Å².